The summed E-state index contributed by atoms with van der Waals surface area (Å²) in [6.07, 6.45) is -0.896. The van der Waals surface area contributed by atoms with Crippen LogP contribution in [0.5, 0.6) is 5.75 Å². The molecule has 4 amide bonds. The lowest BCUT2D eigenvalue weighted by Gasteiger charge is -2.49. The van der Waals surface area contributed by atoms with E-state index in [1.54, 1.807) is 77.7 Å². The van der Waals surface area contributed by atoms with E-state index in [0.717, 1.165) is 5.56 Å². The highest BCUT2D eigenvalue weighted by Crippen LogP contribution is 2.37. The Hall–Kier alpha value is -5.00. The molecule has 4 aromatic carbocycles. The van der Waals surface area contributed by atoms with Crippen LogP contribution in [0, 0.1) is 0 Å². The highest BCUT2D eigenvalue weighted by atomic mass is 31.2. The number of carbonyl (C=O) groups is 3. The van der Waals surface area contributed by atoms with E-state index in [2.05, 4.69) is 0 Å². The van der Waals surface area contributed by atoms with Crippen molar-refractivity contribution in [3.8, 4) is 5.75 Å². The summed E-state index contributed by atoms with van der Waals surface area (Å²) in [4.78, 5) is 60.7. The third-order valence-electron chi connectivity index (χ3n) is 8.57. The average molecular weight is 687 g/mol. The number of ether oxygens (including phenoxy) is 1. The minimum absolute atomic E-state index is 0.0103. The highest BCUT2D eigenvalue weighted by molar-refractivity contribution is 7.51. The number of urea groups is 1. The number of para-hydroxylation sites is 1. The molecule has 0 spiro atoms. The molecule has 49 heavy (non-hydrogen) atoms. The lowest BCUT2D eigenvalue weighted by Crippen LogP contribution is -2.66. The van der Waals surface area contributed by atoms with Crippen molar-refractivity contribution in [1.82, 2.24) is 9.80 Å². The second-order valence-electron chi connectivity index (χ2n) is 12.1. The number of benzene rings is 4. The fraction of sp³-hybridized carbons (Fsp3) is 0.250. The third-order valence-corrected chi connectivity index (χ3v) is 9.04. The van der Waals surface area contributed by atoms with E-state index >= 15 is 0 Å². The summed E-state index contributed by atoms with van der Waals surface area (Å²) >= 11 is 0. The van der Waals surface area contributed by atoms with E-state index in [4.69, 9.17) is 16.2 Å². The molecule has 0 aliphatic carbocycles. The van der Waals surface area contributed by atoms with E-state index in [1.165, 1.54) is 4.90 Å². The number of aryl methyl sites for hydroxylation is 1. The molecule has 0 bridgehead atoms. The lowest BCUT2D eigenvalue weighted by atomic mass is 9.87. The number of aliphatic hydroxyl groups excluding tert-OH is 1. The summed E-state index contributed by atoms with van der Waals surface area (Å²) in [5, 5.41) is 12.3. The Morgan fingerprint density at radius 3 is 1.84 bits per heavy atom. The number of rotatable bonds is 14. The van der Waals surface area contributed by atoms with Gasteiger partial charge in [0.05, 0.1) is 18.2 Å². The average Bonchev–Trinajstić information content (AvgIpc) is 3.08. The van der Waals surface area contributed by atoms with Crippen LogP contribution in [0.2, 0.25) is 0 Å². The molecule has 0 saturated carbocycles. The second-order valence-corrected chi connectivity index (χ2v) is 13.7. The Morgan fingerprint density at radius 1 is 0.735 bits per heavy atom. The van der Waals surface area contributed by atoms with Gasteiger partial charge in [0.15, 0.2) is 6.35 Å². The first-order valence-corrected chi connectivity index (χ1v) is 17.5. The molecule has 13 heteroatoms. The van der Waals surface area contributed by atoms with Gasteiger partial charge in [-0.05, 0) is 71.8 Å². The van der Waals surface area contributed by atoms with E-state index in [9.17, 15) is 33.8 Å². The highest BCUT2D eigenvalue weighted by Gasteiger charge is 2.46. The van der Waals surface area contributed by atoms with Gasteiger partial charge in [0, 0.05) is 24.2 Å². The Bertz CT molecular complexity index is 1850. The zero-order valence-corrected chi connectivity index (χ0v) is 27.6. The van der Waals surface area contributed by atoms with Gasteiger partial charge in [-0.25, -0.2) is 4.79 Å². The molecular weight excluding hydrogens is 647 g/mol. The van der Waals surface area contributed by atoms with Crippen molar-refractivity contribution in [2.75, 3.05) is 6.35 Å². The summed E-state index contributed by atoms with van der Waals surface area (Å²) in [5.41, 5.74) is 14.4. The Labute approximate surface area is 284 Å². The zero-order chi connectivity index (χ0) is 35.1. The van der Waals surface area contributed by atoms with Gasteiger partial charge in [0.2, 0.25) is 11.8 Å². The summed E-state index contributed by atoms with van der Waals surface area (Å²) < 4.78 is 17.1. The molecule has 3 atom stereocenters. The van der Waals surface area contributed by atoms with Crippen LogP contribution < -0.4 is 16.2 Å². The summed E-state index contributed by atoms with van der Waals surface area (Å²) in [5.74, 6) is -1.02. The maximum atomic E-state index is 14.7. The number of primary amides is 2. The molecule has 0 radical (unpaired) electrons. The summed E-state index contributed by atoms with van der Waals surface area (Å²) in [7, 11) is -4.50. The topological polar surface area (TPSA) is 197 Å². The molecule has 1 aliphatic rings. The van der Waals surface area contributed by atoms with E-state index in [0.29, 0.717) is 29.5 Å². The lowest BCUT2D eigenvalue weighted by molar-refractivity contribution is -0.0454. The molecule has 7 N–H and O–H groups in total. The van der Waals surface area contributed by atoms with Crippen LogP contribution in [0.1, 0.15) is 49.4 Å². The molecule has 5 rings (SSSR count). The number of aliphatic hydroxyl groups is 1. The minimum atomic E-state index is -4.50. The fourth-order valence-corrected chi connectivity index (χ4v) is 6.50. The van der Waals surface area contributed by atoms with Gasteiger partial charge >= 0.3 is 13.6 Å². The fourth-order valence-electron chi connectivity index (χ4n) is 6.19. The number of amides is 4. The van der Waals surface area contributed by atoms with Crippen LogP contribution in [0.3, 0.4) is 0 Å². The number of hydrogen-bond donors (Lipinski definition) is 5. The normalized spacial score (nSPS) is 17.9. The molecule has 12 nitrogen and oxygen atoms in total. The minimum Gasteiger partial charge on any atom is -0.481 e. The molecule has 1 fully saturated rings. The van der Waals surface area contributed by atoms with E-state index in [-0.39, 0.29) is 36.4 Å². The SMILES string of the molecule is NC(=O)c1cccc(CN2C(=O)N(Cc3cccc(C(N)=O)c3)C(Cc3ccccc3OCP(=O)(O)O)C(O)C2CCc2ccccc2)c1. The van der Waals surface area contributed by atoms with Crippen molar-refractivity contribution in [2.24, 2.45) is 11.5 Å². The van der Waals surface area contributed by atoms with Crippen LogP contribution in [-0.4, -0.2) is 67.1 Å². The van der Waals surface area contributed by atoms with Crippen LogP contribution >= 0.6 is 7.60 Å². The van der Waals surface area contributed by atoms with Gasteiger partial charge in [0.1, 0.15) is 5.75 Å². The largest absolute Gasteiger partial charge is 0.481 e. The Kier molecular flexibility index (Phi) is 11.2. The summed E-state index contributed by atoms with van der Waals surface area (Å²) in [6.45, 7) is 0.0828. The van der Waals surface area contributed by atoms with E-state index in [1.807, 2.05) is 30.3 Å². The number of nitrogens with two attached hydrogens (primary N) is 2. The molecule has 4 aromatic rings. The predicted molar refractivity (Wildman–Crippen MR) is 182 cm³/mol. The van der Waals surface area contributed by atoms with Crippen molar-refractivity contribution < 1.29 is 38.6 Å². The second kappa shape index (κ2) is 15.5. The van der Waals surface area contributed by atoms with Crippen LogP contribution in [-0.2, 0) is 30.5 Å². The monoisotopic (exact) mass is 686 g/mol. The van der Waals surface area contributed by atoms with Crippen molar-refractivity contribution in [3.05, 3.63) is 137 Å². The maximum absolute atomic E-state index is 14.7. The first-order chi connectivity index (χ1) is 23.4. The molecule has 1 aliphatic heterocycles. The van der Waals surface area contributed by atoms with Gasteiger partial charge in [-0.3, -0.25) is 14.2 Å². The first kappa shape index (κ1) is 35.3. The molecule has 1 saturated heterocycles. The molecule has 3 unspecified atom stereocenters. The van der Waals surface area contributed by atoms with Crippen molar-refractivity contribution in [2.45, 2.75) is 50.5 Å². The Balaban J connectivity index is 1.56. The standard InChI is InChI=1S/C36H39N4O8P/c37-34(42)28-13-6-10-25(18-28)21-39-30(17-16-24-8-2-1-3-9-24)33(41)31(20-27-12-4-5-15-32(27)48-23-49(45,46)47)40(36(39)44)22-26-11-7-14-29(19-26)35(38)43/h1-15,18-19,30-31,33,41H,16-17,20-23H2,(H2,37,42)(H2,38,43)(H2,45,46,47). The quantitative estimate of drug-likeness (QED) is 0.123. The first-order valence-electron chi connectivity index (χ1n) is 15.7. The predicted octanol–water partition coefficient (Wildman–Crippen LogP) is 3.81. The molecule has 256 valence electrons. The molecule has 1 heterocycles. The van der Waals surface area contributed by atoms with Gasteiger partial charge in [-0.1, -0.05) is 72.8 Å². The van der Waals surface area contributed by atoms with Crippen molar-refractivity contribution >= 4 is 25.4 Å². The van der Waals surface area contributed by atoms with Gasteiger partial charge in [0.25, 0.3) is 0 Å². The van der Waals surface area contributed by atoms with Crippen LogP contribution in [0.4, 0.5) is 4.79 Å². The van der Waals surface area contributed by atoms with Gasteiger partial charge in [-0.15, -0.1) is 0 Å². The molecule has 0 aromatic heterocycles. The maximum Gasteiger partial charge on any atom is 0.362 e. The van der Waals surface area contributed by atoms with Gasteiger partial charge in [-0.2, -0.15) is 0 Å². The van der Waals surface area contributed by atoms with E-state index < -0.39 is 50.0 Å². The van der Waals surface area contributed by atoms with Crippen molar-refractivity contribution in [1.29, 1.82) is 0 Å². The third kappa shape index (κ3) is 9.13. The Morgan fingerprint density at radius 2 is 1.27 bits per heavy atom. The zero-order valence-electron chi connectivity index (χ0n) is 26.7. The van der Waals surface area contributed by atoms with Gasteiger partial charge < -0.3 is 40.9 Å². The van der Waals surface area contributed by atoms with Crippen LogP contribution in [0.15, 0.2) is 103 Å². The molecular formula is C36H39N4O8P. The number of carbonyl (C=O) groups excluding carboxylic acids is 3. The number of nitrogens with zero attached hydrogens (tertiary/aromatic N) is 2. The summed E-state index contributed by atoms with van der Waals surface area (Å²) in [6, 6.07) is 27.8. The smallest absolute Gasteiger partial charge is 0.362 e. The van der Waals surface area contributed by atoms with Crippen molar-refractivity contribution in [3.63, 3.8) is 0 Å². The number of hydrogen-bond acceptors (Lipinski definition) is 6. The van der Waals surface area contributed by atoms with Crippen LogP contribution in [0.25, 0.3) is 0 Å².